The molecule has 0 aliphatic carbocycles. The fourth-order valence-electron chi connectivity index (χ4n) is 4.46. The lowest BCUT2D eigenvalue weighted by molar-refractivity contribution is 0.480. The van der Waals surface area contributed by atoms with Gasteiger partial charge in [0.1, 0.15) is 0 Å². The molecule has 2 aromatic carbocycles. The fraction of sp³-hybridized carbons (Fsp3) is 0.222. The summed E-state index contributed by atoms with van der Waals surface area (Å²) in [5, 5.41) is 3.72. The highest BCUT2D eigenvalue weighted by molar-refractivity contribution is 7.86. The Morgan fingerprint density at radius 1 is 0.895 bits per heavy atom. The quantitative estimate of drug-likeness (QED) is 0.282. The Balaban J connectivity index is 1.48. The highest BCUT2D eigenvalue weighted by Crippen LogP contribution is 2.44. The van der Waals surface area contributed by atoms with E-state index in [9.17, 15) is 25.9 Å². The number of benzene rings is 2. The molecule has 2 aliphatic heterocycles. The maximum Gasteiger partial charge on any atom is 0.294 e. The Morgan fingerprint density at radius 2 is 1.50 bits per heavy atom. The second-order valence-electron chi connectivity index (χ2n) is 10.1. The Hall–Kier alpha value is -3.02. The van der Waals surface area contributed by atoms with Gasteiger partial charge in [0.15, 0.2) is 0 Å². The topological polar surface area (TPSA) is 133 Å². The lowest BCUT2D eigenvalue weighted by atomic mass is 9.81. The first-order valence-corrected chi connectivity index (χ1v) is 14.8. The average Bonchev–Trinajstić information content (AvgIpc) is 3.21. The number of aliphatic imine (C=N–C) groups is 1. The molecule has 0 radical (unpaired) electrons. The predicted octanol–water partition coefficient (Wildman–Crippen LogP) is 6.07. The van der Waals surface area contributed by atoms with Crippen LogP contribution in [0.4, 0.5) is 11.4 Å². The van der Waals surface area contributed by atoms with Crippen molar-refractivity contribution in [1.29, 1.82) is 0 Å². The number of hydrogen-bond acceptors (Lipinski definition) is 6. The summed E-state index contributed by atoms with van der Waals surface area (Å²) in [6, 6.07) is 8.77. The van der Waals surface area contributed by atoms with Gasteiger partial charge in [-0.3, -0.25) is 14.1 Å². The first-order chi connectivity index (χ1) is 17.5. The van der Waals surface area contributed by atoms with Crippen LogP contribution < -0.4 is 5.32 Å². The summed E-state index contributed by atoms with van der Waals surface area (Å²) in [5.74, 6) is 0. The van der Waals surface area contributed by atoms with Crippen molar-refractivity contribution in [3.63, 3.8) is 0 Å². The summed E-state index contributed by atoms with van der Waals surface area (Å²) >= 11 is 6.36. The van der Waals surface area contributed by atoms with Crippen LogP contribution in [0, 0.1) is 0 Å². The minimum absolute atomic E-state index is 0.155. The van der Waals surface area contributed by atoms with E-state index >= 15 is 0 Å². The lowest BCUT2D eigenvalue weighted by Gasteiger charge is -2.20. The molecule has 8 nitrogen and oxygen atoms in total. The van der Waals surface area contributed by atoms with E-state index in [0.717, 1.165) is 16.9 Å². The number of anilines is 1. The summed E-state index contributed by atoms with van der Waals surface area (Å²) in [4.78, 5) is 4.26. The summed E-state index contributed by atoms with van der Waals surface area (Å²) in [6.45, 7) is 7.72. The normalized spacial score (nSPS) is 19.6. The predicted molar refractivity (Wildman–Crippen MR) is 150 cm³/mol. The minimum atomic E-state index is -4.31. The number of hydrogen-bond donors (Lipinski definition) is 3. The Morgan fingerprint density at radius 3 is 2.13 bits per heavy atom. The van der Waals surface area contributed by atoms with E-state index in [4.69, 9.17) is 11.6 Å². The third-order valence-electron chi connectivity index (χ3n) is 6.75. The van der Waals surface area contributed by atoms with Crippen LogP contribution in [0.2, 0.25) is 0 Å². The van der Waals surface area contributed by atoms with Crippen LogP contribution in [0.15, 0.2) is 98.4 Å². The summed E-state index contributed by atoms with van der Waals surface area (Å²) in [6.07, 6.45) is 10.6. The van der Waals surface area contributed by atoms with Gasteiger partial charge in [0.05, 0.1) is 21.2 Å². The molecule has 200 valence electrons. The van der Waals surface area contributed by atoms with Crippen LogP contribution in [0.3, 0.4) is 0 Å². The maximum absolute atomic E-state index is 11.5. The van der Waals surface area contributed by atoms with Gasteiger partial charge < -0.3 is 5.32 Å². The Labute approximate surface area is 227 Å². The summed E-state index contributed by atoms with van der Waals surface area (Å²) < 4.78 is 64.8. The molecular formula is C27H27ClN2O6S2. The first-order valence-electron chi connectivity index (χ1n) is 11.5. The molecular weight excluding hydrogens is 548 g/mol. The van der Waals surface area contributed by atoms with Crippen molar-refractivity contribution in [3.05, 3.63) is 94.7 Å². The van der Waals surface area contributed by atoms with E-state index in [1.54, 1.807) is 42.5 Å². The third kappa shape index (κ3) is 5.41. The Bertz CT molecular complexity index is 1700. The van der Waals surface area contributed by atoms with E-state index < -0.39 is 31.1 Å². The molecule has 0 saturated carbocycles. The first kappa shape index (κ1) is 28.0. The molecule has 0 bridgehead atoms. The van der Waals surface area contributed by atoms with Crippen molar-refractivity contribution in [2.45, 2.75) is 48.3 Å². The van der Waals surface area contributed by atoms with Crippen molar-refractivity contribution in [3.8, 4) is 0 Å². The van der Waals surface area contributed by atoms with Gasteiger partial charge in [-0.1, -0.05) is 51.4 Å². The third-order valence-corrected chi connectivity index (χ3v) is 8.70. The van der Waals surface area contributed by atoms with Crippen molar-refractivity contribution >= 4 is 48.9 Å². The van der Waals surface area contributed by atoms with E-state index in [-0.39, 0.29) is 9.79 Å². The van der Waals surface area contributed by atoms with Crippen molar-refractivity contribution in [1.82, 2.24) is 0 Å². The van der Waals surface area contributed by atoms with E-state index in [1.807, 2.05) is 33.8 Å². The molecule has 0 atom stereocenters. The largest absolute Gasteiger partial charge is 0.358 e. The molecule has 2 aromatic rings. The number of rotatable bonds is 6. The average molecular weight is 575 g/mol. The second-order valence-corrected chi connectivity index (χ2v) is 13.3. The zero-order valence-corrected chi connectivity index (χ0v) is 23.5. The molecule has 0 unspecified atom stereocenters. The van der Waals surface area contributed by atoms with E-state index in [0.29, 0.717) is 22.0 Å². The summed E-state index contributed by atoms with van der Waals surface area (Å²) in [7, 11) is -8.61. The van der Waals surface area contributed by atoms with Gasteiger partial charge in [-0.2, -0.15) is 16.8 Å². The van der Waals surface area contributed by atoms with Crippen LogP contribution in [0.25, 0.3) is 0 Å². The highest BCUT2D eigenvalue weighted by atomic mass is 35.5. The monoisotopic (exact) mass is 574 g/mol. The van der Waals surface area contributed by atoms with Crippen LogP contribution in [-0.2, 0) is 31.1 Å². The van der Waals surface area contributed by atoms with Gasteiger partial charge in [-0.05, 0) is 71.8 Å². The van der Waals surface area contributed by atoms with Crippen LogP contribution >= 0.6 is 11.6 Å². The molecule has 11 heteroatoms. The highest BCUT2D eigenvalue weighted by Gasteiger charge is 2.36. The summed E-state index contributed by atoms with van der Waals surface area (Å²) in [5.41, 5.74) is 3.30. The van der Waals surface area contributed by atoms with Gasteiger partial charge in [-0.25, -0.2) is 0 Å². The SMILES string of the molecule is CC1(C)C(C=CC=C(Cl)C=CC=C2Nc3ccc(S(=O)(=O)O)cc3C2(C)C)=Nc2ccc(S(=O)(=O)O)cc21. The molecule has 0 amide bonds. The zero-order chi connectivity index (χ0) is 28.1. The van der Waals surface area contributed by atoms with Crippen molar-refractivity contribution in [2.75, 3.05) is 5.32 Å². The molecule has 0 aromatic heterocycles. The van der Waals surface area contributed by atoms with Gasteiger partial charge in [0.2, 0.25) is 0 Å². The number of fused-ring (bicyclic) bond motifs is 2. The molecule has 2 aliphatic rings. The molecule has 2 heterocycles. The lowest BCUT2D eigenvalue weighted by Crippen LogP contribution is -2.24. The fourth-order valence-corrected chi connectivity index (χ4v) is 5.62. The molecule has 0 fully saturated rings. The second kappa shape index (κ2) is 9.62. The zero-order valence-electron chi connectivity index (χ0n) is 21.1. The van der Waals surface area contributed by atoms with Crippen molar-refractivity contribution < 1.29 is 25.9 Å². The van der Waals surface area contributed by atoms with Crippen molar-refractivity contribution in [2.24, 2.45) is 4.99 Å². The number of nitrogens with one attached hydrogen (secondary N) is 1. The van der Waals surface area contributed by atoms with E-state index in [1.165, 1.54) is 24.3 Å². The minimum Gasteiger partial charge on any atom is -0.358 e. The van der Waals surface area contributed by atoms with Gasteiger partial charge in [-0.15, -0.1) is 0 Å². The van der Waals surface area contributed by atoms with Gasteiger partial charge in [0, 0.05) is 27.2 Å². The number of nitrogens with zero attached hydrogens (tertiary/aromatic N) is 1. The maximum atomic E-state index is 11.5. The number of halogens is 1. The van der Waals surface area contributed by atoms with Crippen LogP contribution in [-0.4, -0.2) is 31.7 Å². The molecule has 3 N–H and O–H groups in total. The smallest absolute Gasteiger partial charge is 0.294 e. The van der Waals surface area contributed by atoms with Gasteiger partial charge in [0.25, 0.3) is 20.2 Å². The standard InChI is InChI=1S/C27H27ClN2O6S2/c1-26(2)20-15-18(37(31,32)33)11-13-22(20)29-24(26)9-5-7-17(28)8-6-10-25-27(3,4)21-16-19(38(34,35)36)12-14-23(21)30-25/h5-16,29H,1-4H3,(H,31,32,33)(H,34,35,36). The Kier molecular flexibility index (Phi) is 7.09. The van der Waals surface area contributed by atoms with E-state index in [2.05, 4.69) is 10.3 Å². The van der Waals surface area contributed by atoms with Gasteiger partial charge >= 0.3 is 0 Å². The molecule has 4 rings (SSSR count). The molecule has 38 heavy (non-hydrogen) atoms. The molecule has 0 saturated heterocycles. The molecule has 0 spiro atoms. The van der Waals surface area contributed by atoms with Crippen LogP contribution in [0.1, 0.15) is 38.8 Å². The number of allylic oxidation sites excluding steroid dienone is 8. The van der Waals surface area contributed by atoms with Crippen LogP contribution in [0.5, 0.6) is 0 Å².